The third-order valence-corrected chi connectivity index (χ3v) is 2.75. The van der Waals surface area contributed by atoms with Crippen LogP contribution in [-0.4, -0.2) is 13.1 Å². The number of hydrogen-bond acceptors (Lipinski definition) is 1. The zero-order valence-electron chi connectivity index (χ0n) is 10.1. The molecule has 0 aliphatic carbocycles. The maximum Gasteiger partial charge on any atom is -0.00489 e. The Balaban J connectivity index is 2.20. The maximum atomic E-state index is 3.35. The molecule has 0 spiro atoms. The van der Waals surface area contributed by atoms with Crippen molar-refractivity contribution in [2.75, 3.05) is 13.1 Å². The van der Waals surface area contributed by atoms with Gasteiger partial charge in [-0.25, -0.2) is 0 Å². The van der Waals surface area contributed by atoms with Gasteiger partial charge in [-0.2, -0.15) is 0 Å². The van der Waals surface area contributed by atoms with Gasteiger partial charge >= 0.3 is 0 Å². The Bertz CT molecular complexity index is 251. The molecule has 0 unspecified atom stereocenters. The van der Waals surface area contributed by atoms with Gasteiger partial charge in [-0.05, 0) is 49.9 Å². The Kier molecular flexibility index (Phi) is 6.10. The lowest BCUT2D eigenvalue weighted by atomic mass is 10.1. The lowest BCUT2D eigenvalue weighted by Crippen LogP contribution is -2.13. The molecule has 0 bridgehead atoms. The van der Waals surface area contributed by atoms with E-state index in [9.17, 15) is 0 Å². The fraction of sp³-hybridized carbons (Fsp3) is 0.571. The van der Waals surface area contributed by atoms with Crippen LogP contribution in [0.15, 0.2) is 24.3 Å². The minimum atomic E-state index is 1.09. The standard InChI is InChI=1S/C14H23N/c1-3-13-8-10-14(11-9-13)7-5-6-12-15-4-2/h8-11,15H,3-7,12H2,1-2H3. The Labute approximate surface area is 93.9 Å². The first-order valence-corrected chi connectivity index (χ1v) is 6.15. The van der Waals surface area contributed by atoms with Gasteiger partial charge in [0.1, 0.15) is 0 Å². The lowest BCUT2D eigenvalue weighted by Gasteiger charge is -2.03. The average Bonchev–Trinajstić information content (AvgIpc) is 2.30. The van der Waals surface area contributed by atoms with Crippen LogP contribution in [0.2, 0.25) is 0 Å². The van der Waals surface area contributed by atoms with Gasteiger partial charge in [-0.15, -0.1) is 0 Å². The summed E-state index contributed by atoms with van der Waals surface area (Å²) < 4.78 is 0. The lowest BCUT2D eigenvalue weighted by molar-refractivity contribution is 0.641. The highest BCUT2D eigenvalue weighted by molar-refractivity contribution is 5.22. The van der Waals surface area contributed by atoms with Gasteiger partial charge in [0.25, 0.3) is 0 Å². The summed E-state index contributed by atoms with van der Waals surface area (Å²) in [6.45, 7) is 6.60. The van der Waals surface area contributed by atoms with E-state index in [1.165, 1.54) is 30.4 Å². The van der Waals surface area contributed by atoms with E-state index < -0.39 is 0 Å². The fourth-order valence-electron chi connectivity index (χ4n) is 1.70. The Morgan fingerprint density at radius 3 is 2.20 bits per heavy atom. The third kappa shape index (κ3) is 4.98. The zero-order chi connectivity index (χ0) is 10.9. The summed E-state index contributed by atoms with van der Waals surface area (Å²) in [6.07, 6.45) is 4.93. The van der Waals surface area contributed by atoms with E-state index in [2.05, 4.69) is 43.4 Å². The molecule has 0 heterocycles. The second kappa shape index (κ2) is 7.47. The molecule has 1 N–H and O–H groups in total. The van der Waals surface area contributed by atoms with Gasteiger partial charge in [0, 0.05) is 0 Å². The van der Waals surface area contributed by atoms with Crippen LogP contribution in [0, 0.1) is 0 Å². The van der Waals surface area contributed by atoms with E-state index in [4.69, 9.17) is 0 Å². The number of aryl methyl sites for hydroxylation is 2. The highest BCUT2D eigenvalue weighted by atomic mass is 14.8. The molecule has 1 nitrogen and oxygen atoms in total. The van der Waals surface area contributed by atoms with E-state index in [0.29, 0.717) is 0 Å². The number of rotatable bonds is 7. The van der Waals surface area contributed by atoms with E-state index >= 15 is 0 Å². The predicted molar refractivity (Wildman–Crippen MR) is 67.3 cm³/mol. The fourth-order valence-corrected chi connectivity index (χ4v) is 1.70. The van der Waals surface area contributed by atoms with Gasteiger partial charge in [0.05, 0.1) is 0 Å². The Morgan fingerprint density at radius 1 is 0.933 bits per heavy atom. The first-order chi connectivity index (χ1) is 7.36. The van der Waals surface area contributed by atoms with Crippen molar-refractivity contribution in [2.45, 2.75) is 39.5 Å². The molecule has 0 fully saturated rings. The van der Waals surface area contributed by atoms with Crippen LogP contribution < -0.4 is 5.32 Å². The van der Waals surface area contributed by atoms with Gasteiger partial charge in [-0.1, -0.05) is 38.1 Å². The number of hydrogen-bond donors (Lipinski definition) is 1. The van der Waals surface area contributed by atoms with Gasteiger partial charge in [-0.3, -0.25) is 0 Å². The molecule has 0 radical (unpaired) electrons. The first kappa shape index (κ1) is 12.3. The normalized spacial score (nSPS) is 10.5. The molecule has 0 atom stereocenters. The Morgan fingerprint density at radius 2 is 1.60 bits per heavy atom. The van der Waals surface area contributed by atoms with Crippen molar-refractivity contribution in [1.82, 2.24) is 5.32 Å². The second-order valence-corrected chi connectivity index (χ2v) is 3.98. The highest BCUT2D eigenvalue weighted by Crippen LogP contribution is 2.08. The van der Waals surface area contributed by atoms with Crippen LogP contribution in [-0.2, 0) is 12.8 Å². The molecule has 0 saturated carbocycles. The summed E-state index contributed by atoms with van der Waals surface area (Å²) in [7, 11) is 0. The largest absolute Gasteiger partial charge is 0.317 e. The molecule has 0 saturated heterocycles. The van der Waals surface area contributed by atoms with Gasteiger partial charge < -0.3 is 5.32 Å². The summed E-state index contributed by atoms with van der Waals surface area (Å²) in [6, 6.07) is 9.04. The van der Waals surface area contributed by atoms with Crippen LogP contribution in [0.5, 0.6) is 0 Å². The number of unbranched alkanes of at least 4 members (excludes halogenated alkanes) is 1. The SMILES string of the molecule is CCNCCCCc1ccc(CC)cc1. The van der Waals surface area contributed by atoms with Crippen LogP contribution in [0.4, 0.5) is 0 Å². The van der Waals surface area contributed by atoms with Gasteiger partial charge in [0.2, 0.25) is 0 Å². The molecule has 1 rings (SSSR count). The average molecular weight is 205 g/mol. The molecule has 0 aliphatic heterocycles. The van der Waals surface area contributed by atoms with Crippen LogP contribution in [0.3, 0.4) is 0 Å². The van der Waals surface area contributed by atoms with E-state index in [1.54, 1.807) is 0 Å². The maximum absolute atomic E-state index is 3.35. The van der Waals surface area contributed by atoms with E-state index in [-0.39, 0.29) is 0 Å². The van der Waals surface area contributed by atoms with Crippen molar-refractivity contribution in [1.29, 1.82) is 0 Å². The summed E-state index contributed by atoms with van der Waals surface area (Å²) in [4.78, 5) is 0. The predicted octanol–water partition coefficient (Wildman–Crippen LogP) is 3.18. The number of nitrogens with one attached hydrogen (secondary N) is 1. The minimum Gasteiger partial charge on any atom is -0.317 e. The van der Waals surface area contributed by atoms with Crippen molar-refractivity contribution in [2.24, 2.45) is 0 Å². The number of benzene rings is 1. The molecular formula is C14H23N. The summed E-state index contributed by atoms with van der Waals surface area (Å²) >= 11 is 0. The molecule has 0 aromatic heterocycles. The van der Waals surface area contributed by atoms with Crippen molar-refractivity contribution < 1.29 is 0 Å². The zero-order valence-corrected chi connectivity index (χ0v) is 10.1. The van der Waals surface area contributed by atoms with E-state index in [0.717, 1.165) is 19.5 Å². The molecule has 0 aliphatic rings. The Hall–Kier alpha value is -0.820. The molecule has 0 amide bonds. The van der Waals surface area contributed by atoms with Gasteiger partial charge in [0.15, 0.2) is 0 Å². The first-order valence-electron chi connectivity index (χ1n) is 6.15. The second-order valence-electron chi connectivity index (χ2n) is 3.98. The monoisotopic (exact) mass is 205 g/mol. The van der Waals surface area contributed by atoms with Crippen LogP contribution in [0.1, 0.15) is 37.8 Å². The van der Waals surface area contributed by atoms with Crippen molar-refractivity contribution in [3.8, 4) is 0 Å². The van der Waals surface area contributed by atoms with E-state index in [1.807, 2.05) is 0 Å². The van der Waals surface area contributed by atoms with Crippen LogP contribution in [0.25, 0.3) is 0 Å². The quantitative estimate of drug-likeness (QED) is 0.674. The third-order valence-electron chi connectivity index (χ3n) is 2.75. The molecular weight excluding hydrogens is 182 g/mol. The smallest absolute Gasteiger partial charge is 0.00489 e. The topological polar surface area (TPSA) is 12.0 Å². The summed E-state index contributed by atoms with van der Waals surface area (Å²) in [5.74, 6) is 0. The molecule has 1 heteroatoms. The van der Waals surface area contributed by atoms with Crippen molar-refractivity contribution >= 4 is 0 Å². The molecule has 1 aromatic carbocycles. The molecule has 84 valence electrons. The highest BCUT2D eigenvalue weighted by Gasteiger charge is 1.94. The summed E-state index contributed by atoms with van der Waals surface area (Å²) in [5, 5.41) is 3.35. The van der Waals surface area contributed by atoms with Crippen LogP contribution >= 0.6 is 0 Å². The molecule has 15 heavy (non-hydrogen) atoms. The molecule has 1 aromatic rings. The minimum absolute atomic E-state index is 1.09. The van der Waals surface area contributed by atoms with Crippen molar-refractivity contribution in [3.63, 3.8) is 0 Å². The van der Waals surface area contributed by atoms with Crippen molar-refractivity contribution in [3.05, 3.63) is 35.4 Å². The summed E-state index contributed by atoms with van der Waals surface area (Å²) in [5.41, 5.74) is 2.91.